The Morgan fingerprint density at radius 1 is 1.37 bits per heavy atom. The summed E-state index contributed by atoms with van der Waals surface area (Å²) in [6.07, 6.45) is 1.83. The van der Waals surface area contributed by atoms with Crippen LogP contribution < -0.4 is 5.73 Å². The fourth-order valence-electron chi connectivity index (χ4n) is 2.36. The second kappa shape index (κ2) is 4.38. The number of imidazole rings is 1. The zero-order valence-corrected chi connectivity index (χ0v) is 11.6. The van der Waals surface area contributed by atoms with Gasteiger partial charge in [0.25, 0.3) is 0 Å². The molecule has 0 saturated heterocycles. The molecule has 0 aliphatic carbocycles. The number of halogens is 1. The summed E-state index contributed by atoms with van der Waals surface area (Å²) >= 11 is 6.02. The van der Waals surface area contributed by atoms with Crippen LogP contribution in [0.2, 0.25) is 5.02 Å². The SMILES string of the molecule is CC(C)Cn1cnc2c(N)nc3cc(Cl)ccc3c21. The first-order valence-corrected chi connectivity index (χ1v) is 6.63. The molecular formula is C14H15ClN4. The molecule has 0 fully saturated rings. The smallest absolute Gasteiger partial charge is 0.152 e. The highest BCUT2D eigenvalue weighted by Gasteiger charge is 2.13. The molecule has 0 aliphatic heterocycles. The van der Waals surface area contributed by atoms with Crippen LogP contribution in [0.25, 0.3) is 21.9 Å². The number of hydrogen-bond donors (Lipinski definition) is 1. The van der Waals surface area contributed by atoms with Gasteiger partial charge in [-0.15, -0.1) is 0 Å². The Labute approximate surface area is 116 Å². The lowest BCUT2D eigenvalue weighted by Crippen LogP contribution is -2.03. The van der Waals surface area contributed by atoms with E-state index >= 15 is 0 Å². The number of hydrogen-bond acceptors (Lipinski definition) is 3. The Morgan fingerprint density at radius 2 is 2.16 bits per heavy atom. The molecule has 2 heterocycles. The second-order valence-corrected chi connectivity index (χ2v) is 5.58. The molecule has 2 aromatic heterocycles. The minimum Gasteiger partial charge on any atom is -0.382 e. The van der Waals surface area contributed by atoms with E-state index in [0.29, 0.717) is 16.8 Å². The lowest BCUT2D eigenvalue weighted by molar-refractivity contribution is 0.533. The first-order valence-electron chi connectivity index (χ1n) is 6.26. The van der Waals surface area contributed by atoms with E-state index in [1.165, 1.54) is 0 Å². The molecule has 0 spiro atoms. The van der Waals surface area contributed by atoms with Crippen LogP contribution in [0.5, 0.6) is 0 Å². The number of nitrogen functional groups attached to an aromatic ring is 1. The maximum Gasteiger partial charge on any atom is 0.152 e. The minimum absolute atomic E-state index is 0.451. The highest BCUT2D eigenvalue weighted by Crippen LogP contribution is 2.29. The number of nitrogens with zero attached hydrogens (tertiary/aromatic N) is 3. The largest absolute Gasteiger partial charge is 0.382 e. The van der Waals surface area contributed by atoms with E-state index in [1.54, 1.807) is 0 Å². The lowest BCUT2D eigenvalue weighted by Gasteiger charge is -2.09. The van der Waals surface area contributed by atoms with Crippen LogP contribution >= 0.6 is 11.6 Å². The first-order chi connectivity index (χ1) is 9.06. The molecule has 5 heteroatoms. The highest BCUT2D eigenvalue weighted by molar-refractivity contribution is 6.31. The van der Waals surface area contributed by atoms with Gasteiger partial charge in [0, 0.05) is 17.0 Å². The average Bonchev–Trinajstić information content (AvgIpc) is 2.73. The van der Waals surface area contributed by atoms with Crippen molar-refractivity contribution in [3.05, 3.63) is 29.5 Å². The molecule has 98 valence electrons. The third-order valence-electron chi connectivity index (χ3n) is 3.10. The van der Waals surface area contributed by atoms with E-state index in [0.717, 1.165) is 28.5 Å². The van der Waals surface area contributed by atoms with Gasteiger partial charge in [-0.05, 0) is 24.1 Å². The van der Waals surface area contributed by atoms with Gasteiger partial charge in [-0.2, -0.15) is 0 Å². The van der Waals surface area contributed by atoms with Crippen LogP contribution in [0.15, 0.2) is 24.5 Å². The standard InChI is InChI=1S/C14H15ClN4/c1-8(2)6-19-7-17-12-13(19)10-4-3-9(15)5-11(10)18-14(12)16/h3-5,7-8H,6H2,1-2H3,(H2,16,18). The van der Waals surface area contributed by atoms with Crippen molar-refractivity contribution in [3.8, 4) is 0 Å². The van der Waals surface area contributed by atoms with Gasteiger partial charge < -0.3 is 10.3 Å². The summed E-state index contributed by atoms with van der Waals surface area (Å²) in [5, 5.41) is 1.69. The molecule has 4 nitrogen and oxygen atoms in total. The topological polar surface area (TPSA) is 56.7 Å². The second-order valence-electron chi connectivity index (χ2n) is 5.15. The predicted octanol–water partition coefficient (Wildman–Crippen LogP) is 3.48. The van der Waals surface area contributed by atoms with Crippen LogP contribution in [0, 0.1) is 5.92 Å². The number of aromatic nitrogens is 3. The van der Waals surface area contributed by atoms with E-state index in [9.17, 15) is 0 Å². The highest BCUT2D eigenvalue weighted by atomic mass is 35.5. The number of nitrogens with two attached hydrogens (primary N) is 1. The molecule has 0 aliphatic rings. The van der Waals surface area contributed by atoms with Gasteiger partial charge in [-0.1, -0.05) is 25.4 Å². The fourth-order valence-corrected chi connectivity index (χ4v) is 2.53. The molecule has 2 N–H and O–H groups in total. The van der Waals surface area contributed by atoms with Crippen molar-refractivity contribution in [2.24, 2.45) is 5.92 Å². The van der Waals surface area contributed by atoms with Crippen molar-refractivity contribution in [1.29, 1.82) is 0 Å². The number of pyridine rings is 1. The molecule has 0 bridgehead atoms. The maximum absolute atomic E-state index is 6.02. The van der Waals surface area contributed by atoms with Crippen molar-refractivity contribution in [1.82, 2.24) is 14.5 Å². The number of benzene rings is 1. The number of rotatable bonds is 2. The Hall–Kier alpha value is -1.81. The summed E-state index contributed by atoms with van der Waals surface area (Å²) in [5.74, 6) is 0.987. The van der Waals surface area contributed by atoms with Crippen LogP contribution in [0.1, 0.15) is 13.8 Å². The molecule has 3 aromatic rings. The van der Waals surface area contributed by atoms with Crippen molar-refractivity contribution in [2.75, 3.05) is 5.73 Å². The maximum atomic E-state index is 6.02. The Morgan fingerprint density at radius 3 is 2.89 bits per heavy atom. The fraction of sp³-hybridized carbons (Fsp3) is 0.286. The van der Waals surface area contributed by atoms with Crippen LogP contribution in [-0.2, 0) is 6.54 Å². The predicted molar refractivity (Wildman–Crippen MR) is 79.3 cm³/mol. The molecule has 0 saturated carbocycles. The third kappa shape index (κ3) is 2.02. The Balaban J connectivity index is 2.39. The Bertz CT molecular complexity index is 761. The van der Waals surface area contributed by atoms with Crippen molar-refractivity contribution in [2.45, 2.75) is 20.4 Å². The molecule has 0 unspecified atom stereocenters. The van der Waals surface area contributed by atoms with Gasteiger partial charge >= 0.3 is 0 Å². The van der Waals surface area contributed by atoms with E-state index in [1.807, 2.05) is 24.5 Å². The third-order valence-corrected chi connectivity index (χ3v) is 3.33. The summed E-state index contributed by atoms with van der Waals surface area (Å²) in [7, 11) is 0. The van der Waals surface area contributed by atoms with Gasteiger partial charge in [0.05, 0.1) is 17.4 Å². The molecule has 1 aromatic carbocycles. The van der Waals surface area contributed by atoms with Crippen LogP contribution in [0.3, 0.4) is 0 Å². The molecule has 0 radical (unpaired) electrons. The van der Waals surface area contributed by atoms with E-state index in [4.69, 9.17) is 17.3 Å². The molecule has 0 atom stereocenters. The average molecular weight is 275 g/mol. The van der Waals surface area contributed by atoms with Crippen LogP contribution in [-0.4, -0.2) is 14.5 Å². The monoisotopic (exact) mass is 274 g/mol. The summed E-state index contributed by atoms with van der Waals surface area (Å²) in [6, 6.07) is 5.68. The van der Waals surface area contributed by atoms with Gasteiger partial charge in [0.1, 0.15) is 5.52 Å². The van der Waals surface area contributed by atoms with Gasteiger partial charge in [-0.3, -0.25) is 0 Å². The number of anilines is 1. The van der Waals surface area contributed by atoms with E-state index in [2.05, 4.69) is 28.4 Å². The summed E-state index contributed by atoms with van der Waals surface area (Å²) in [6.45, 7) is 5.25. The summed E-state index contributed by atoms with van der Waals surface area (Å²) < 4.78 is 2.13. The van der Waals surface area contributed by atoms with Gasteiger partial charge in [0.15, 0.2) is 5.82 Å². The minimum atomic E-state index is 0.451. The van der Waals surface area contributed by atoms with E-state index < -0.39 is 0 Å². The molecule has 3 rings (SSSR count). The zero-order valence-electron chi connectivity index (χ0n) is 10.9. The lowest BCUT2D eigenvalue weighted by atomic mass is 10.1. The van der Waals surface area contributed by atoms with Crippen molar-refractivity contribution in [3.63, 3.8) is 0 Å². The Kier molecular flexibility index (Phi) is 2.82. The zero-order chi connectivity index (χ0) is 13.6. The molecule has 19 heavy (non-hydrogen) atoms. The molecular weight excluding hydrogens is 260 g/mol. The van der Waals surface area contributed by atoms with E-state index in [-0.39, 0.29) is 0 Å². The summed E-state index contributed by atoms with van der Waals surface area (Å²) in [5.41, 5.74) is 8.59. The normalized spacial score (nSPS) is 11.8. The van der Waals surface area contributed by atoms with Gasteiger partial charge in [-0.25, -0.2) is 9.97 Å². The van der Waals surface area contributed by atoms with Crippen molar-refractivity contribution < 1.29 is 0 Å². The van der Waals surface area contributed by atoms with Crippen LogP contribution in [0.4, 0.5) is 5.82 Å². The van der Waals surface area contributed by atoms with Crippen molar-refractivity contribution >= 4 is 39.4 Å². The quantitative estimate of drug-likeness (QED) is 0.778. The first kappa shape index (κ1) is 12.2. The number of fused-ring (bicyclic) bond motifs is 3. The van der Waals surface area contributed by atoms with Gasteiger partial charge in [0.2, 0.25) is 0 Å². The molecule has 0 amide bonds. The summed E-state index contributed by atoms with van der Waals surface area (Å²) in [4.78, 5) is 8.76.